The molecule has 2 aromatic carbocycles. The molecule has 2 aliphatic heterocycles. The molecule has 1 atom stereocenters. The van der Waals surface area contributed by atoms with Crippen molar-refractivity contribution in [2.24, 2.45) is 0 Å². The van der Waals surface area contributed by atoms with Gasteiger partial charge in [0.1, 0.15) is 12.6 Å². The fourth-order valence-corrected chi connectivity index (χ4v) is 4.32. The molecule has 178 valence electrons. The molecule has 1 unspecified atom stereocenters. The van der Waals surface area contributed by atoms with Gasteiger partial charge in [-0.2, -0.15) is 0 Å². The van der Waals surface area contributed by atoms with Gasteiger partial charge in [0.2, 0.25) is 5.91 Å². The van der Waals surface area contributed by atoms with Crippen molar-refractivity contribution in [2.75, 3.05) is 31.1 Å². The molecule has 2 aromatic rings. The number of fused-ring (bicyclic) bond motifs is 1. The predicted octanol–water partition coefficient (Wildman–Crippen LogP) is 2.24. The molecular weight excluding hydrogens is 436 g/mol. The summed E-state index contributed by atoms with van der Waals surface area (Å²) in [5.74, 6) is -1.07. The molecule has 9 nitrogen and oxygen atoms in total. The zero-order chi connectivity index (χ0) is 24.1. The molecule has 0 aromatic heterocycles. The summed E-state index contributed by atoms with van der Waals surface area (Å²) in [5.41, 5.74) is 1.38. The van der Waals surface area contributed by atoms with Crippen LogP contribution < -0.4 is 15.5 Å². The van der Waals surface area contributed by atoms with Crippen molar-refractivity contribution in [3.05, 3.63) is 65.7 Å². The molecule has 4 rings (SSSR count). The highest BCUT2D eigenvalue weighted by molar-refractivity contribution is 6.12. The number of nitrogens with zero attached hydrogens (tertiary/aromatic N) is 2. The van der Waals surface area contributed by atoms with Crippen LogP contribution in [0.5, 0.6) is 0 Å². The van der Waals surface area contributed by atoms with Crippen molar-refractivity contribution in [1.29, 1.82) is 0 Å². The van der Waals surface area contributed by atoms with Crippen LogP contribution in [-0.2, 0) is 14.3 Å². The molecule has 4 amide bonds. The van der Waals surface area contributed by atoms with Gasteiger partial charge in [0, 0.05) is 19.1 Å². The third-order valence-electron chi connectivity index (χ3n) is 6.05. The SMILES string of the molecule is CCOC(=O)N1CCC(NC(=O)CN2C(=O)C(c3ccccc3)NC(=O)c3ccccc32)CC1. The van der Waals surface area contributed by atoms with E-state index in [9.17, 15) is 19.2 Å². The predicted molar refractivity (Wildman–Crippen MR) is 125 cm³/mol. The van der Waals surface area contributed by atoms with E-state index in [1.165, 1.54) is 4.90 Å². The lowest BCUT2D eigenvalue weighted by atomic mass is 10.0. The molecular formula is C25H28N4O5. The van der Waals surface area contributed by atoms with Crippen LogP contribution in [0.1, 0.15) is 41.7 Å². The lowest BCUT2D eigenvalue weighted by molar-refractivity contribution is -0.125. The number of likely N-dealkylation sites (tertiary alicyclic amines) is 1. The maximum Gasteiger partial charge on any atom is 0.409 e. The third-order valence-corrected chi connectivity index (χ3v) is 6.05. The lowest BCUT2D eigenvalue weighted by Gasteiger charge is -2.32. The Labute approximate surface area is 198 Å². The topological polar surface area (TPSA) is 108 Å². The highest BCUT2D eigenvalue weighted by Gasteiger charge is 2.36. The minimum atomic E-state index is -0.901. The number of hydrogen-bond acceptors (Lipinski definition) is 5. The molecule has 0 spiro atoms. The number of nitrogens with one attached hydrogen (secondary N) is 2. The van der Waals surface area contributed by atoms with Crippen molar-refractivity contribution in [3.8, 4) is 0 Å². The number of carbonyl (C=O) groups is 4. The fraction of sp³-hybridized carbons (Fsp3) is 0.360. The standard InChI is InChI=1S/C25H28N4O5/c1-2-34-25(33)28-14-12-18(13-15-28)26-21(30)16-29-20-11-7-6-10-19(20)23(31)27-22(24(29)32)17-8-4-3-5-9-17/h3-11,18,22H,2,12-16H2,1H3,(H,26,30)(H,27,31). The molecule has 0 radical (unpaired) electrons. The smallest absolute Gasteiger partial charge is 0.409 e. The number of rotatable bonds is 5. The van der Waals surface area contributed by atoms with Gasteiger partial charge in [0.05, 0.1) is 17.9 Å². The van der Waals surface area contributed by atoms with E-state index in [1.54, 1.807) is 60.4 Å². The molecule has 34 heavy (non-hydrogen) atoms. The van der Waals surface area contributed by atoms with Crippen LogP contribution in [0, 0.1) is 0 Å². The number of amides is 4. The van der Waals surface area contributed by atoms with E-state index >= 15 is 0 Å². The van der Waals surface area contributed by atoms with Gasteiger partial charge in [-0.15, -0.1) is 0 Å². The van der Waals surface area contributed by atoms with Gasteiger partial charge in [-0.1, -0.05) is 42.5 Å². The second-order valence-electron chi connectivity index (χ2n) is 8.29. The van der Waals surface area contributed by atoms with E-state index < -0.39 is 6.04 Å². The first kappa shape index (κ1) is 23.3. The minimum Gasteiger partial charge on any atom is -0.450 e. The van der Waals surface area contributed by atoms with Gasteiger partial charge in [-0.05, 0) is 37.5 Å². The van der Waals surface area contributed by atoms with E-state index in [4.69, 9.17) is 4.74 Å². The third kappa shape index (κ3) is 5.03. The summed E-state index contributed by atoms with van der Waals surface area (Å²) < 4.78 is 5.03. The Morgan fingerprint density at radius 3 is 2.41 bits per heavy atom. The van der Waals surface area contributed by atoms with Crippen LogP contribution >= 0.6 is 0 Å². The van der Waals surface area contributed by atoms with E-state index in [1.807, 2.05) is 6.07 Å². The molecule has 0 saturated carbocycles. The molecule has 1 saturated heterocycles. The Kier molecular flexibility index (Phi) is 7.10. The molecule has 0 bridgehead atoms. The lowest BCUT2D eigenvalue weighted by Crippen LogP contribution is -2.50. The Bertz CT molecular complexity index is 1070. The zero-order valence-electron chi connectivity index (χ0n) is 19.0. The number of ether oxygens (including phenoxy) is 1. The van der Waals surface area contributed by atoms with E-state index in [0.29, 0.717) is 49.4 Å². The summed E-state index contributed by atoms with van der Waals surface area (Å²) in [6, 6.07) is 14.7. The van der Waals surface area contributed by atoms with Crippen LogP contribution in [0.15, 0.2) is 54.6 Å². The highest BCUT2D eigenvalue weighted by atomic mass is 16.6. The Balaban J connectivity index is 1.48. The summed E-state index contributed by atoms with van der Waals surface area (Å²) in [6.07, 6.45) is 0.854. The Hall–Kier alpha value is -3.88. The van der Waals surface area contributed by atoms with Crippen LogP contribution in [0.2, 0.25) is 0 Å². The summed E-state index contributed by atoms with van der Waals surface area (Å²) >= 11 is 0. The quantitative estimate of drug-likeness (QED) is 0.706. The number of para-hydroxylation sites is 1. The van der Waals surface area contributed by atoms with Crippen molar-refractivity contribution < 1.29 is 23.9 Å². The van der Waals surface area contributed by atoms with Gasteiger partial charge in [-0.3, -0.25) is 14.4 Å². The van der Waals surface area contributed by atoms with E-state index in [2.05, 4.69) is 10.6 Å². The van der Waals surface area contributed by atoms with Crippen LogP contribution in [0.3, 0.4) is 0 Å². The van der Waals surface area contributed by atoms with E-state index in [-0.39, 0.29) is 36.4 Å². The van der Waals surface area contributed by atoms with Crippen LogP contribution in [0.4, 0.5) is 10.5 Å². The average Bonchev–Trinajstić information content (AvgIpc) is 2.96. The monoisotopic (exact) mass is 464 g/mol. The summed E-state index contributed by atoms with van der Waals surface area (Å²) in [5, 5.41) is 5.78. The fourth-order valence-electron chi connectivity index (χ4n) is 4.32. The molecule has 2 aliphatic rings. The van der Waals surface area contributed by atoms with Crippen LogP contribution in [-0.4, -0.2) is 61.0 Å². The number of hydrogen-bond donors (Lipinski definition) is 2. The summed E-state index contributed by atoms with van der Waals surface area (Å²) in [6.45, 7) is 2.85. The molecule has 2 N–H and O–H groups in total. The van der Waals surface area contributed by atoms with E-state index in [0.717, 1.165) is 0 Å². The normalized spacial score (nSPS) is 18.6. The maximum absolute atomic E-state index is 13.5. The minimum absolute atomic E-state index is 0.111. The Morgan fingerprint density at radius 1 is 1.03 bits per heavy atom. The van der Waals surface area contributed by atoms with Gasteiger partial charge >= 0.3 is 6.09 Å². The largest absolute Gasteiger partial charge is 0.450 e. The van der Waals surface area contributed by atoms with Gasteiger partial charge < -0.3 is 25.2 Å². The highest BCUT2D eigenvalue weighted by Crippen LogP contribution is 2.29. The van der Waals surface area contributed by atoms with Crippen molar-refractivity contribution >= 4 is 29.5 Å². The molecule has 9 heteroatoms. The summed E-state index contributed by atoms with van der Waals surface area (Å²) in [4.78, 5) is 54.3. The molecule has 2 heterocycles. The number of carbonyl (C=O) groups excluding carboxylic acids is 4. The van der Waals surface area contributed by atoms with Crippen molar-refractivity contribution in [3.63, 3.8) is 0 Å². The zero-order valence-corrected chi connectivity index (χ0v) is 19.0. The Morgan fingerprint density at radius 2 is 1.71 bits per heavy atom. The van der Waals surface area contributed by atoms with Crippen molar-refractivity contribution in [1.82, 2.24) is 15.5 Å². The second kappa shape index (κ2) is 10.4. The maximum atomic E-state index is 13.5. The first-order valence-electron chi connectivity index (χ1n) is 11.4. The number of benzene rings is 2. The summed E-state index contributed by atoms with van der Waals surface area (Å²) in [7, 11) is 0. The van der Waals surface area contributed by atoms with Crippen molar-refractivity contribution in [2.45, 2.75) is 31.8 Å². The number of piperidine rings is 1. The van der Waals surface area contributed by atoms with Crippen LogP contribution in [0.25, 0.3) is 0 Å². The first-order valence-corrected chi connectivity index (χ1v) is 11.4. The first-order chi connectivity index (χ1) is 16.5. The van der Waals surface area contributed by atoms with Gasteiger partial charge in [-0.25, -0.2) is 4.79 Å². The average molecular weight is 465 g/mol. The van der Waals surface area contributed by atoms with Gasteiger partial charge in [0.15, 0.2) is 0 Å². The second-order valence-corrected chi connectivity index (χ2v) is 8.29. The molecule has 1 fully saturated rings. The van der Waals surface area contributed by atoms with Gasteiger partial charge in [0.25, 0.3) is 11.8 Å². The molecule has 0 aliphatic carbocycles. The number of anilines is 1.